The van der Waals surface area contributed by atoms with Crippen LogP contribution in [-0.4, -0.2) is 26.6 Å². The zero-order valence-corrected chi connectivity index (χ0v) is 10.0. The molecule has 1 aromatic heterocycles. The highest BCUT2D eigenvalue weighted by Gasteiger charge is 2.30. The predicted octanol–water partition coefficient (Wildman–Crippen LogP) is 0.928. The molecule has 0 aromatic carbocycles. The first kappa shape index (κ1) is 11.8. The lowest BCUT2D eigenvalue weighted by molar-refractivity contribution is -0.388. The minimum Gasteiger partial charge on any atom is -0.360 e. The molecule has 1 saturated carbocycles. The summed E-state index contributed by atoms with van der Waals surface area (Å²) < 4.78 is 1.70. The highest BCUT2D eigenvalue weighted by atomic mass is 16.6. The van der Waals surface area contributed by atoms with E-state index in [4.69, 9.17) is 5.73 Å². The third-order valence-electron chi connectivity index (χ3n) is 3.36. The smallest absolute Gasteiger partial charge is 0.360 e. The Morgan fingerprint density at radius 3 is 2.82 bits per heavy atom. The van der Waals surface area contributed by atoms with Crippen LogP contribution in [0.2, 0.25) is 0 Å². The van der Waals surface area contributed by atoms with Gasteiger partial charge in [0.25, 0.3) is 0 Å². The van der Waals surface area contributed by atoms with Crippen molar-refractivity contribution < 1.29 is 4.92 Å². The lowest BCUT2D eigenvalue weighted by Gasteiger charge is -2.17. The van der Waals surface area contributed by atoms with Crippen molar-refractivity contribution in [3.05, 3.63) is 15.9 Å². The Kier molecular flexibility index (Phi) is 3.01. The molecular weight excluding hydrogens is 222 g/mol. The topological polar surface area (TPSA) is 99.0 Å². The normalized spacial score (nSPS) is 23.9. The number of rotatable bonds is 3. The number of hydrogen-bond donors (Lipinski definition) is 2. The summed E-state index contributed by atoms with van der Waals surface area (Å²) in [7, 11) is 1.76. The Bertz CT molecular complexity index is 442. The van der Waals surface area contributed by atoms with Crippen LogP contribution in [0, 0.1) is 17.0 Å². The van der Waals surface area contributed by atoms with Crippen molar-refractivity contribution in [3.63, 3.8) is 0 Å². The van der Waals surface area contributed by atoms with Gasteiger partial charge in [0.2, 0.25) is 11.6 Å². The maximum atomic E-state index is 10.9. The van der Waals surface area contributed by atoms with Crippen molar-refractivity contribution >= 4 is 11.6 Å². The fraction of sp³-hybridized carbons (Fsp3) is 0.700. The van der Waals surface area contributed by atoms with E-state index < -0.39 is 4.92 Å². The summed E-state index contributed by atoms with van der Waals surface area (Å²) in [5, 5.41) is 14.1. The zero-order valence-electron chi connectivity index (χ0n) is 10.0. The van der Waals surface area contributed by atoms with E-state index in [-0.39, 0.29) is 17.9 Å². The highest BCUT2D eigenvalue weighted by molar-refractivity contribution is 5.54. The van der Waals surface area contributed by atoms with Crippen LogP contribution in [0.1, 0.15) is 25.1 Å². The Balaban J connectivity index is 2.27. The fourth-order valence-corrected chi connectivity index (χ4v) is 2.23. The average molecular weight is 239 g/mol. The second-order valence-electron chi connectivity index (χ2n) is 4.49. The van der Waals surface area contributed by atoms with E-state index in [1.165, 1.54) is 0 Å². The van der Waals surface area contributed by atoms with Crippen molar-refractivity contribution in [2.24, 2.45) is 12.8 Å². The van der Waals surface area contributed by atoms with E-state index >= 15 is 0 Å². The summed E-state index contributed by atoms with van der Waals surface area (Å²) in [5.41, 5.74) is 5.95. The molecule has 7 nitrogen and oxygen atoms in total. The first-order valence-corrected chi connectivity index (χ1v) is 5.70. The van der Waals surface area contributed by atoms with Crippen molar-refractivity contribution in [1.29, 1.82) is 0 Å². The lowest BCUT2D eigenvalue weighted by Crippen LogP contribution is -2.35. The summed E-state index contributed by atoms with van der Waals surface area (Å²) in [5.74, 6) is 0.949. The van der Waals surface area contributed by atoms with Gasteiger partial charge in [-0.05, 0) is 29.2 Å². The van der Waals surface area contributed by atoms with Gasteiger partial charge in [0.05, 0.1) is 0 Å². The quantitative estimate of drug-likeness (QED) is 0.603. The van der Waals surface area contributed by atoms with Crippen LogP contribution in [0.3, 0.4) is 0 Å². The molecule has 0 amide bonds. The summed E-state index contributed by atoms with van der Waals surface area (Å²) in [6.45, 7) is 1.74. The summed E-state index contributed by atoms with van der Waals surface area (Å²) in [6, 6.07) is 0.160. The molecule has 0 radical (unpaired) electrons. The Labute approximate surface area is 99.2 Å². The maximum Gasteiger partial charge on any atom is 0.406 e. The zero-order chi connectivity index (χ0) is 12.6. The molecule has 7 heteroatoms. The highest BCUT2D eigenvalue weighted by Crippen LogP contribution is 2.28. The van der Waals surface area contributed by atoms with Crippen molar-refractivity contribution in [2.45, 2.75) is 38.3 Å². The molecule has 0 spiro atoms. The number of aromatic nitrogens is 2. The summed E-state index contributed by atoms with van der Waals surface area (Å²) in [6.07, 6.45) is 2.97. The standard InChI is InChI=1S/C10H17N5O2/c1-6-12-10(15(16)17)9(14(6)2)13-8-5-3-4-7(8)11/h7-8,13H,3-5,11H2,1-2H3. The van der Waals surface area contributed by atoms with E-state index in [0.29, 0.717) is 11.6 Å². The molecular formula is C10H17N5O2. The lowest BCUT2D eigenvalue weighted by atomic mass is 10.2. The monoisotopic (exact) mass is 239 g/mol. The van der Waals surface area contributed by atoms with E-state index in [0.717, 1.165) is 19.3 Å². The number of hydrogen-bond acceptors (Lipinski definition) is 5. The minimum atomic E-state index is -0.462. The van der Waals surface area contributed by atoms with Gasteiger partial charge in [-0.2, -0.15) is 0 Å². The molecule has 1 aliphatic rings. The third kappa shape index (κ3) is 2.10. The first-order chi connectivity index (χ1) is 8.00. The Morgan fingerprint density at radius 2 is 2.29 bits per heavy atom. The fourth-order valence-electron chi connectivity index (χ4n) is 2.23. The van der Waals surface area contributed by atoms with Crippen LogP contribution >= 0.6 is 0 Å². The molecule has 0 saturated heterocycles. The molecule has 17 heavy (non-hydrogen) atoms. The molecule has 1 aliphatic carbocycles. The molecule has 2 rings (SSSR count). The minimum absolute atomic E-state index is 0.0600. The van der Waals surface area contributed by atoms with Crippen molar-refractivity contribution in [3.8, 4) is 0 Å². The summed E-state index contributed by atoms with van der Waals surface area (Å²) in [4.78, 5) is 14.4. The Morgan fingerprint density at radius 1 is 1.59 bits per heavy atom. The van der Waals surface area contributed by atoms with Crippen LogP contribution < -0.4 is 11.1 Å². The number of imidazole rings is 1. The van der Waals surface area contributed by atoms with Crippen LogP contribution in [0.15, 0.2) is 0 Å². The van der Waals surface area contributed by atoms with Gasteiger partial charge >= 0.3 is 5.82 Å². The number of nitrogens with zero attached hydrogens (tertiary/aromatic N) is 3. The molecule has 0 bridgehead atoms. The van der Waals surface area contributed by atoms with E-state index in [1.807, 2.05) is 0 Å². The maximum absolute atomic E-state index is 10.9. The van der Waals surface area contributed by atoms with Crippen LogP contribution in [0.4, 0.5) is 11.6 Å². The second-order valence-corrected chi connectivity index (χ2v) is 4.49. The van der Waals surface area contributed by atoms with E-state index in [1.54, 1.807) is 18.5 Å². The van der Waals surface area contributed by atoms with Crippen LogP contribution in [0.5, 0.6) is 0 Å². The number of nitrogens with two attached hydrogens (primary N) is 1. The molecule has 1 fully saturated rings. The van der Waals surface area contributed by atoms with Gasteiger partial charge < -0.3 is 21.2 Å². The molecule has 1 heterocycles. The molecule has 1 aromatic rings. The van der Waals surface area contributed by atoms with Crippen LogP contribution in [0.25, 0.3) is 0 Å². The van der Waals surface area contributed by atoms with Gasteiger partial charge in [-0.1, -0.05) is 0 Å². The largest absolute Gasteiger partial charge is 0.406 e. The van der Waals surface area contributed by atoms with Gasteiger partial charge in [-0.3, -0.25) is 4.57 Å². The van der Waals surface area contributed by atoms with E-state index in [9.17, 15) is 10.1 Å². The average Bonchev–Trinajstić information content (AvgIpc) is 2.78. The molecule has 2 atom stereocenters. The molecule has 3 N–H and O–H groups in total. The molecule has 94 valence electrons. The Hall–Kier alpha value is -1.63. The number of nitro groups is 1. The SMILES string of the molecule is Cc1nc([N+](=O)[O-])c(NC2CCCC2N)n1C. The molecule has 2 unspecified atom stereocenters. The first-order valence-electron chi connectivity index (χ1n) is 5.70. The van der Waals surface area contributed by atoms with Gasteiger partial charge in [-0.15, -0.1) is 0 Å². The van der Waals surface area contributed by atoms with E-state index in [2.05, 4.69) is 10.3 Å². The van der Waals surface area contributed by atoms with Gasteiger partial charge in [0.15, 0.2) is 0 Å². The summed E-state index contributed by atoms with van der Waals surface area (Å²) >= 11 is 0. The van der Waals surface area contributed by atoms with Gasteiger partial charge in [0.1, 0.15) is 0 Å². The second kappa shape index (κ2) is 4.33. The molecule has 0 aliphatic heterocycles. The number of anilines is 1. The number of aryl methyl sites for hydroxylation is 1. The third-order valence-corrected chi connectivity index (χ3v) is 3.36. The van der Waals surface area contributed by atoms with Gasteiger partial charge in [0, 0.05) is 26.1 Å². The van der Waals surface area contributed by atoms with Crippen molar-refractivity contribution in [2.75, 3.05) is 5.32 Å². The van der Waals surface area contributed by atoms with Crippen LogP contribution in [-0.2, 0) is 7.05 Å². The van der Waals surface area contributed by atoms with Crippen molar-refractivity contribution in [1.82, 2.24) is 9.55 Å². The number of nitrogens with one attached hydrogen (secondary N) is 1. The van der Waals surface area contributed by atoms with Gasteiger partial charge in [-0.25, -0.2) is 0 Å². The predicted molar refractivity (Wildman–Crippen MR) is 63.8 cm³/mol.